The van der Waals surface area contributed by atoms with Gasteiger partial charge in [0.05, 0.1) is 10.9 Å². The fourth-order valence-electron chi connectivity index (χ4n) is 3.24. The average molecular weight is 447 g/mol. The molecule has 0 aliphatic heterocycles. The molecular weight excluding hydrogens is 428 g/mol. The van der Waals surface area contributed by atoms with Crippen molar-refractivity contribution in [3.05, 3.63) is 105 Å². The van der Waals surface area contributed by atoms with Gasteiger partial charge in [-0.05, 0) is 47.9 Å². The van der Waals surface area contributed by atoms with Crippen molar-refractivity contribution in [2.24, 2.45) is 0 Å². The first-order chi connectivity index (χ1) is 14.0. The van der Waals surface area contributed by atoms with E-state index in [9.17, 15) is 4.79 Å². The Morgan fingerprint density at radius 1 is 1.03 bits per heavy atom. The fraction of sp³-hybridized carbons (Fsp3) is 0.0800. The van der Waals surface area contributed by atoms with Crippen molar-refractivity contribution in [3.63, 3.8) is 0 Å². The van der Waals surface area contributed by atoms with Gasteiger partial charge in [0.25, 0.3) is 0 Å². The van der Waals surface area contributed by atoms with E-state index >= 15 is 0 Å². The van der Waals surface area contributed by atoms with Gasteiger partial charge in [0.15, 0.2) is 0 Å². The number of rotatable bonds is 5. The maximum atomic E-state index is 13.1. The number of ether oxygens (including phenoxy) is 1. The molecule has 1 aromatic heterocycles. The Morgan fingerprint density at radius 3 is 2.45 bits per heavy atom. The molecule has 0 saturated carbocycles. The average Bonchev–Trinajstić information content (AvgIpc) is 2.73. The highest BCUT2D eigenvalue weighted by molar-refractivity contribution is 9.10. The normalized spacial score (nSPS) is 10.8. The molecule has 4 aromatic rings. The number of fused-ring (bicyclic) bond motifs is 1. The minimum absolute atomic E-state index is 0.0439. The zero-order valence-corrected chi connectivity index (χ0v) is 17.5. The Hall–Kier alpha value is -3.11. The number of benzene rings is 3. The molecule has 0 atom stereocenters. The van der Waals surface area contributed by atoms with Gasteiger partial charge < -0.3 is 9.15 Å². The Bertz CT molecular complexity index is 1240. The molecule has 4 heteroatoms. The van der Waals surface area contributed by atoms with Crippen molar-refractivity contribution >= 4 is 33.0 Å². The van der Waals surface area contributed by atoms with Crippen LogP contribution in [0, 0.1) is 6.92 Å². The van der Waals surface area contributed by atoms with Gasteiger partial charge in [-0.25, -0.2) is 0 Å². The van der Waals surface area contributed by atoms with Gasteiger partial charge in [0.1, 0.15) is 23.7 Å². The molecule has 0 aliphatic carbocycles. The van der Waals surface area contributed by atoms with E-state index in [-0.39, 0.29) is 5.43 Å². The molecule has 0 aliphatic rings. The van der Waals surface area contributed by atoms with E-state index in [4.69, 9.17) is 9.15 Å². The summed E-state index contributed by atoms with van der Waals surface area (Å²) in [5, 5.41) is 0.538. The highest BCUT2D eigenvalue weighted by Crippen LogP contribution is 2.27. The molecule has 0 spiro atoms. The molecule has 0 N–H and O–H groups in total. The summed E-state index contributed by atoms with van der Waals surface area (Å²) in [6, 6.07) is 21.0. The highest BCUT2D eigenvalue weighted by atomic mass is 79.9. The van der Waals surface area contributed by atoms with Crippen LogP contribution >= 0.6 is 15.9 Å². The van der Waals surface area contributed by atoms with Gasteiger partial charge in [-0.15, -0.1) is 0 Å². The van der Waals surface area contributed by atoms with E-state index in [1.807, 2.05) is 55.5 Å². The van der Waals surface area contributed by atoms with Crippen LogP contribution in [0.3, 0.4) is 0 Å². The second-order valence-electron chi connectivity index (χ2n) is 6.76. The first-order valence-electron chi connectivity index (χ1n) is 9.23. The lowest BCUT2D eigenvalue weighted by atomic mass is 10.0. The van der Waals surface area contributed by atoms with Gasteiger partial charge in [0, 0.05) is 10.5 Å². The number of aryl methyl sites for hydroxylation is 1. The first kappa shape index (κ1) is 19.2. The van der Waals surface area contributed by atoms with Crippen LogP contribution in [0.25, 0.3) is 28.2 Å². The van der Waals surface area contributed by atoms with Gasteiger partial charge in [0.2, 0.25) is 5.43 Å². The summed E-state index contributed by atoms with van der Waals surface area (Å²) < 4.78 is 12.8. The SMILES string of the molecule is C=Cc1ccc(COc2ccc3c(=O)c(-c4ccc(Br)cc4)c(C)oc3c2)cc1. The van der Waals surface area contributed by atoms with Crippen molar-refractivity contribution in [1.82, 2.24) is 0 Å². The molecule has 3 aromatic carbocycles. The van der Waals surface area contributed by atoms with Crippen LogP contribution < -0.4 is 10.2 Å². The van der Waals surface area contributed by atoms with Crippen LogP contribution in [0.2, 0.25) is 0 Å². The largest absolute Gasteiger partial charge is 0.489 e. The molecule has 1 heterocycles. The molecule has 3 nitrogen and oxygen atoms in total. The van der Waals surface area contributed by atoms with Crippen LogP contribution in [0.15, 0.2) is 87.0 Å². The lowest BCUT2D eigenvalue weighted by Crippen LogP contribution is -2.07. The Balaban J connectivity index is 1.64. The zero-order valence-electron chi connectivity index (χ0n) is 15.9. The van der Waals surface area contributed by atoms with E-state index < -0.39 is 0 Å². The van der Waals surface area contributed by atoms with Crippen LogP contribution in [-0.4, -0.2) is 0 Å². The number of hydrogen-bond acceptors (Lipinski definition) is 3. The van der Waals surface area contributed by atoms with E-state index in [0.717, 1.165) is 21.2 Å². The van der Waals surface area contributed by atoms with Gasteiger partial charge >= 0.3 is 0 Å². The van der Waals surface area contributed by atoms with E-state index in [1.54, 1.807) is 24.3 Å². The van der Waals surface area contributed by atoms with E-state index in [2.05, 4.69) is 22.5 Å². The summed E-state index contributed by atoms with van der Waals surface area (Å²) >= 11 is 3.42. The van der Waals surface area contributed by atoms with E-state index in [1.165, 1.54) is 0 Å². The maximum Gasteiger partial charge on any atom is 0.200 e. The van der Waals surface area contributed by atoms with Crippen molar-refractivity contribution < 1.29 is 9.15 Å². The molecule has 0 amide bonds. The lowest BCUT2D eigenvalue weighted by Gasteiger charge is -2.10. The second kappa shape index (κ2) is 8.10. The summed E-state index contributed by atoms with van der Waals surface area (Å²) in [5.41, 5.74) is 4.02. The zero-order chi connectivity index (χ0) is 20.4. The summed E-state index contributed by atoms with van der Waals surface area (Å²) in [6.07, 6.45) is 1.81. The van der Waals surface area contributed by atoms with Crippen molar-refractivity contribution in [2.45, 2.75) is 13.5 Å². The molecule has 0 bridgehead atoms. The smallest absolute Gasteiger partial charge is 0.200 e. The quantitative estimate of drug-likeness (QED) is 0.340. The molecule has 0 fully saturated rings. The Kier molecular flexibility index (Phi) is 5.36. The standard InChI is InChI=1S/C25H19BrO3/c1-3-17-4-6-18(7-5-17)15-28-21-12-13-22-23(14-21)29-16(2)24(25(22)27)19-8-10-20(26)11-9-19/h3-14H,1,15H2,2H3. The molecule has 0 saturated heterocycles. The Labute approximate surface area is 177 Å². The third-order valence-electron chi connectivity index (χ3n) is 4.79. The highest BCUT2D eigenvalue weighted by Gasteiger charge is 2.14. The van der Waals surface area contributed by atoms with Crippen molar-refractivity contribution in [3.8, 4) is 16.9 Å². The summed E-state index contributed by atoms with van der Waals surface area (Å²) in [6.45, 7) is 6.00. The van der Waals surface area contributed by atoms with Crippen molar-refractivity contribution in [1.29, 1.82) is 0 Å². The second-order valence-corrected chi connectivity index (χ2v) is 7.68. The molecule has 144 valence electrons. The fourth-order valence-corrected chi connectivity index (χ4v) is 3.51. The van der Waals surface area contributed by atoms with Crippen LogP contribution in [0.5, 0.6) is 5.75 Å². The summed E-state index contributed by atoms with van der Waals surface area (Å²) in [5.74, 6) is 1.24. The summed E-state index contributed by atoms with van der Waals surface area (Å²) in [4.78, 5) is 13.1. The predicted molar refractivity (Wildman–Crippen MR) is 121 cm³/mol. The topological polar surface area (TPSA) is 39.4 Å². The van der Waals surface area contributed by atoms with Gasteiger partial charge in [-0.3, -0.25) is 4.79 Å². The predicted octanol–water partition coefficient (Wildman–Crippen LogP) is 6.75. The maximum absolute atomic E-state index is 13.1. The van der Waals surface area contributed by atoms with Crippen LogP contribution in [-0.2, 0) is 6.61 Å². The van der Waals surface area contributed by atoms with Crippen LogP contribution in [0.4, 0.5) is 0 Å². The molecule has 0 radical (unpaired) electrons. The third kappa shape index (κ3) is 4.03. The monoisotopic (exact) mass is 446 g/mol. The Morgan fingerprint density at radius 2 is 1.76 bits per heavy atom. The minimum atomic E-state index is -0.0439. The van der Waals surface area contributed by atoms with Crippen molar-refractivity contribution in [2.75, 3.05) is 0 Å². The third-order valence-corrected chi connectivity index (χ3v) is 5.32. The summed E-state index contributed by atoms with van der Waals surface area (Å²) in [7, 11) is 0. The molecule has 0 unspecified atom stereocenters. The van der Waals surface area contributed by atoms with Gasteiger partial charge in [-0.2, -0.15) is 0 Å². The van der Waals surface area contributed by atoms with E-state index in [0.29, 0.717) is 34.6 Å². The van der Waals surface area contributed by atoms with Gasteiger partial charge in [-0.1, -0.05) is 65.0 Å². The van der Waals surface area contributed by atoms with Crippen LogP contribution in [0.1, 0.15) is 16.9 Å². The molecular formula is C25H19BrO3. The molecule has 29 heavy (non-hydrogen) atoms. The minimum Gasteiger partial charge on any atom is -0.489 e. The first-order valence-corrected chi connectivity index (χ1v) is 10.0. The number of halogens is 1. The lowest BCUT2D eigenvalue weighted by molar-refractivity contribution is 0.306. The number of hydrogen-bond donors (Lipinski definition) is 0. The molecule has 4 rings (SSSR count).